The van der Waals surface area contributed by atoms with Gasteiger partial charge in [0, 0.05) is 10.8 Å². The van der Waals surface area contributed by atoms with Gasteiger partial charge in [0.1, 0.15) is 5.75 Å². The van der Waals surface area contributed by atoms with E-state index in [1.807, 2.05) is 17.8 Å². The summed E-state index contributed by atoms with van der Waals surface area (Å²) >= 11 is 7.71. The maximum Gasteiger partial charge on any atom is 0.117 e. The first-order chi connectivity index (χ1) is 5.74. The Morgan fingerprint density at radius 1 is 1.50 bits per heavy atom. The molecule has 0 heterocycles. The third kappa shape index (κ3) is 2.61. The van der Waals surface area contributed by atoms with Crippen molar-refractivity contribution in [3.05, 3.63) is 28.8 Å². The molecule has 0 unspecified atom stereocenters. The largest absolute Gasteiger partial charge is 0.508 e. The third-order valence-electron chi connectivity index (χ3n) is 1.50. The number of rotatable bonds is 3. The summed E-state index contributed by atoms with van der Waals surface area (Å²) in [5.74, 6) is 2.22. The number of phenols is 1. The summed E-state index contributed by atoms with van der Waals surface area (Å²) in [5, 5.41) is 9.72. The lowest BCUT2D eigenvalue weighted by atomic mass is 10.2. The fraction of sp³-hybridized carbons (Fsp3) is 0.333. The van der Waals surface area contributed by atoms with Crippen molar-refractivity contribution in [1.29, 1.82) is 0 Å². The van der Waals surface area contributed by atoms with E-state index in [1.165, 1.54) is 0 Å². The van der Waals surface area contributed by atoms with Crippen LogP contribution < -0.4 is 0 Å². The molecule has 0 fully saturated rings. The molecule has 1 N–H and O–H groups in total. The third-order valence-corrected chi connectivity index (χ3v) is 2.77. The highest BCUT2D eigenvalue weighted by Crippen LogP contribution is 2.24. The fourth-order valence-electron chi connectivity index (χ4n) is 0.865. The minimum absolute atomic E-state index is 0.227. The van der Waals surface area contributed by atoms with Gasteiger partial charge < -0.3 is 5.11 Å². The van der Waals surface area contributed by atoms with Gasteiger partial charge in [-0.2, -0.15) is 11.8 Å². The van der Waals surface area contributed by atoms with Gasteiger partial charge in [0.15, 0.2) is 0 Å². The van der Waals surface area contributed by atoms with Gasteiger partial charge in [-0.1, -0.05) is 24.6 Å². The lowest BCUT2D eigenvalue weighted by Crippen LogP contribution is -1.82. The van der Waals surface area contributed by atoms with E-state index in [4.69, 9.17) is 16.7 Å². The molecule has 0 saturated carbocycles. The van der Waals surface area contributed by atoms with Crippen molar-refractivity contribution in [2.24, 2.45) is 0 Å². The number of halogens is 1. The van der Waals surface area contributed by atoms with Crippen molar-refractivity contribution in [2.45, 2.75) is 12.7 Å². The minimum Gasteiger partial charge on any atom is -0.508 e. The molecular formula is C9H11ClOS. The molecule has 66 valence electrons. The fourth-order valence-corrected chi connectivity index (χ4v) is 1.86. The highest BCUT2D eigenvalue weighted by atomic mass is 35.5. The van der Waals surface area contributed by atoms with Crippen molar-refractivity contribution in [1.82, 2.24) is 0 Å². The molecule has 0 amide bonds. The predicted octanol–water partition coefficient (Wildman–Crippen LogP) is 3.30. The monoisotopic (exact) mass is 202 g/mol. The van der Waals surface area contributed by atoms with Crippen molar-refractivity contribution in [3.8, 4) is 5.75 Å². The number of hydrogen-bond acceptors (Lipinski definition) is 2. The lowest BCUT2D eigenvalue weighted by molar-refractivity contribution is 0.475. The van der Waals surface area contributed by atoms with E-state index >= 15 is 0 Å². The van der Waals surface area contributed by atoms with Gasteiger partial charge in [-0.25, -0.2) is 0 Å². The van der Waals surface area contributed by atoms with Gasteiger partial charge >= 0.3 is 0 Å². The molecule has 0 bridgehead atoms. The van der Waals surface area contributed by atoms with Crippen molar-refractivity contribution < 1.29 is 5.11 Å². The molecule has 0 spiro atoms. The normalized spacial score (nSPS) is 10.2. The van der Waals surface area contributed by atoms with E-state index in [2.05, 4.69) is 6.92 Å². The predicted molar refractivity (Wildman–Crippen MR) is 55.0 cm³/mol. The summed E-state index contributed by atoms with van der Waals surface area (Å²) < 4.78 is 0. The Bertz CT molecular complexity index is 263. The molecule has 0 aliphatic carbocycles. The minimum atomic E-state index is 0.227. The molecule has 0 saturated heterocycles. The van der Waals surface area contributed by atoms with Gasteiger partial charge in [0.25, 0.3) is 0 Å². The molecule has 1 rings (SSSR count). The Morgan fingerprint density at radius 3 is 2.83 bits per heavy atom. The van der Waals surface area contributed by atoms with Gasteiger partial charge in [0.2, 0.25) is 0 Å². The second-order valence-corrected chi connectivity index (χ2v) is 4.09. The maximum absolute atomic E-state index is 9.07. The zero-order valence-corrected chi connectivity index (χ0v) is 8.45. The molecule has 0 aromatic heterocycles. The van der Waals surface area contributed by atoms with Crippen LogP contribution in [0.1, 0.15) is 12.5 Å². The topological polar surface area (TPSA) is 20.2 Å². The number of phenolic OH excluding ortho intramolecular Hbond substituents is 1. The van der Waals surface area contributed by atoms with E-state index in [0.717, 1.165) is 17.1 Å². The van der Waals surface area contributed by atoms with Crippen LogP contribution in [0.5, 0.6) is 5.75 Å². The van der Waals surface area contributed by atoms with Gasteiger partial charge in [0.05, 0.1) is 0 Å². The Hall–Kier alpha value is -0.340. The van der Waals surface area contributed by atoms with Crippen LogP contribution in [0.25, 0.3) is 0 Å². The van der Waals surface area contributed by atoms with E-state index in [1.54, 1.807) is 12.1 Å². The quantitative estimate of drug-likeness (QED) is 0.812. The molecule has 0 radical (unpaired) electrons. The van der Waals surface area contributed by atoms with Gasteiger partial charge in [-0.3, -0.25) is 0 Å². The first-order valence-electron chi connectivity index (χ1n) is 3.79. The molecule has 1 aromatic rings. The Balaban J connectivity index is 2.72. The van der Waals surface area contributed by atoms with Crippen LogP contribution in [-0.2, 0) is 5.75 Å². The summed E-state index contributed by atoms with van der Waals surface area (Å²) in [6, 6.07) is 5.10. The molecule has 0 aliphatic heterocycles. The zero-order valence-electron chi connectivity index (χ0n) is 6.88. The highest BCUT2D eigenvalue weighted by Gasteiger charge is 2.00. The zero-order chi connectivity index (χ0) is 8.97. The van der Waals surface area contributed by atoms with E-state index in [9.17, 15) is 0 Å². The van der Waals surface area contributed by atoms with Crippen LogP contribution in [0.3, 0.4) is 0 Å². The Kier molecular flexibility index (Phi) is 3.76. The van der Waals surface area contributed by atoms with E-state index in [0.29, 0.717) is 5.02 Å². The van der Waals surface area contributed by atoms with Crippen molar-refractivity contribution in [3.63, 3.8) is 0 Å². The SMILES string of the molecule is CCSCc1ccc(O)cc1Cl. The smallest absolute Gasteiger partial charge is 0.117 e. The number of thioether (sulfide) groups is 1. The standard InChI is InChI=1S/C9H11ClOS/c1-2-12-6-7-3-4-8(11)5-9(7)10/h3-5,11H,2,6H2,1H3. The average molecular weight is 203 g/mol. The Labute approximate surface area is 81.7 Å². The molecule has 3 heteroatoms. The van der Waals surface area contributed by atoms with Crippen LogP contribution in [0.2, 0.25) is 5.02 Å². The van der Waals surface area contributed by atoms with Crippen LogP contribution in [0.15, 0.2) is 18.2 Å². The maximum atomic E-state index is 9.07. The highest BCUT2D eigenvalue weighted by molar-refractivity contribution is 7.98. The lowest BCUT2D eigenvalue weighted by Gasteiger charge is -2.02. The van der Waals surface area contributed by atoms with Crippen LogP contribution >= 0.6 is 23.4 Å². The molecule has 1 nitrogen and oxygen atoms in total. The van der Waals surface area contributed by atoms with Crippen LogP contribution in [-0.4, -0.2) is 10.9 Å². The van der Waals surface area contributed by atoms with Gasteiger partial charge in [-0.15, -0.1) is 0 Å². The molecular weight excluding hydrogens is 192 g/mol. The molecule has 0 atom stereocenters. The van der Waals surface area contributed by atoms with Crippen molar-refractivity contribution in [2.75, 3.05) is 5.75 Å². The van der Waals surface area contributed by atoms with Crippen molar-refractivity contribution >= 4 is 23.4 Å². The second-order valence-electron chi connectivity index (χ2n) is 2.41. The molecule has 0 aliphatic rings. The molecule has 12 heavy (non-hydrogen) atoms. The van der Waals surface area contributed by atoms with Crippen LogP contribution in [0.4, 0.5) is 0 Å². The summed E-state index contributed by atoms with van der Waals surface area (Å²) in [6.07, 6.45) is 0. The first kappa shape index (κ1) is 9.75. The summed E-state index contributed by atoms with van der Waals surface area (Å²) in [4.78, 5) is 0. The molecule has 1 aromatic carbocycles. The average Bonchev–Trinajstić information content (AvgIpc) is 2.03. The number of benzene rings is 1. The van der Waals surface area contributed by atoms with E-state index < -0.39 is 0 Å². The number of aromatic hydroxyl groups is 1. The summed E-state index contributed by atoms with van der Waals surface area (Å²) in [5.41, 5.74) is 1.08. The summed E-state index contributed by atoms with van der Waals surface area (Å²) in [6.45, 7) is 2.11. The number of hydrogen-bond donors (Lipinski definition) is 1. The van der Waals surface area contributed by atoms with Crippen LogP contribution in [0, 0.1) is 0 Å². The Morgan fingerprint density at radius 2 is 2.25 bits per heavy atom. The first-order valence-corrected chi connectivity index (χ1v) is 5.32. The summed E-state index contributed by atoms with van der Waals surface area (Å²) in [7, 11) is 0. The second kappa shape index (κ2) is 4.63. The van der Waals surface area contributed by atoms with E-state index in [-0.39, 0.29) is 5.75 Å². The van der Waals surface area contributed by atoms with Gasteiger partial charge in [-0.05, 0) is 23.4 Å².